The molecule has 0 radical (unpaired) electrons. The molecule has 9 nitrogen and oxygen atoms in total. The highest BCUT2D eigenvalue weighted by Crippen LogP contribution is 2.41. The van der Waals surface area contributed by atoms with Gasteiger partial charge in [0.25, 0.3) is 0 Å². The summed E-state index contributed by atoms with van der Waals surface area (Å²) in [5.74, 6) is -1.10. The van der Waals surface area contributed by atoms with Crippen LogP contribution in [0, 0.1) is 5.92 Å². The molecule has 3 atom stereocenters. The molecule has 4 heterocycles. The summed E-state index contributed by atoms with van der Waals surface area (Å²) in [6.07, 6.45) is 8.64. The fourth-order valence-electron chi connectivity index (χ4n) is 6.25. The van der Waals surface area contributed by atoms with Crippen molar-refractivity contribution in [1.82, 2.24) is 9.47 Å². The topological polar surface area (TPSA) is 96.0 Å². The fraction of sp³-hybridized carbons (Fsp3) is 0.438. The number of rotatable bonds is 11. The number of aryl methyl sites for hydroxylation is 2. The third-order valence-corrected chi connectivity index (χ3v) is 8.35. The number of benzene rings is 1. The number of carbonyl (C=O) groups excluding carboxylic acids is 1. The van der Waals surface area contributed by atoms with Crippen LogP contribution in [0.15, 0.2) is 71.9 Å². The second-order valence-corrected chi connectivity index (χ2v) is 11.1. The molecule has 0 spiro atoms. The van der Waals surface area contributed by atoms with Gasteiger partial charge in [0.2, 0.25) is 11.5 Å². The predicted molar refractivity (Wildman–Crippen MR) is 155 cm³/mol. The number of fused-ring (bicyclic) bond motifs is 1. The number of nitrogens with zero attached hydrogens (tertiary/aromatic N) is 4. The molecule has 0 bridgehead atoms. The van der Waals surface area contributed by atoms with Crippen LogP contribution in [0.5, 0.6) is 5.75 Å². The van der Waals surface area contributed by atoms with E-state index in [0.717, 1.165) is 41.8 Å². The Morgan fingerprint density at radius 3 is 2.78 bits per heavy atom. The zero-order valence-corrected chi connectivity index (χ0v) is 23.8. The standard InChI is InChI=1S/C32H38N4O5/c1-3-4-16-36(25-8-7-14-33(2)20-25)30(38)22-35-21-26(23-10-11-28-24(19-23)13-18-41-28)31(32(39)40)27(35)12-17-34-15-6-5-9-29(34)37/h5-11,14-15,19-20,26-27,31H,3-4,12-13,16-18,21-22H2,1-2H3/p+1/t26-,27+,31-/m1/s1. The molecule has 9 heteroatoms. The normalized spacial score (nSPS) is 20.0. The van der Waals surface area contributed by atoms with Crippen molar-refractivity contribution in [3.05, 3.63) is 88.6 Å². The first-order valence-electron chi connectivity index (χ1n) is 14.5. The third kappa shape index (κ3) is 6.35. The number of aliphatic carboxylic acids is 1. The molecular weight excluding hydrogens is 520 g/mol. The molecule has 5 rings (SSSR count). The van der Waals surface area contributed by atoms with Gasteiger partial charge in [0.05, 0.1) is 19.1 Å². The van der Waals surface area contributed by atoms with Gasteiger partial charge < -0.3 is 19.3 Å². The number of amides is 1. The highest BCUT2D eigenvalue weighted by molar-refractivity contribution is 5.94. The summed E-state index contributed by atoms with van der Waals surface area (Å²) < 4.78 is 9.21. The molecule has 2 aromatic heterocycles. The number of hydrogen-bond acceptors (Lipinski definition) is 5. The van der Waals surface area contributed by atoms with Crippen molar-refractivity contribution >= 4 is 17.6 Å². The first-order valence-corrected chi connectivity index (χ1v) is 14.5. The van der Waals surface area contributed by atoms with Crippen molar-refractivity contribution in [2.75, 3.05) is 31.1 Å². The first kappa shape index (κ1) is 28.5. The number of anilines is 1. The SMILES string of the molecule is CCCCN(C(=O)CN1C[C@H](c2ccc3c(c2)CCO3)[C@@H](C(=O)O)[C@@H]1CCn1ccccc1=O)c1ccc[n+](C)c1. The van der Waals surface area contributed by atoms with Gasteiger partial charge in [-0.2, -0.15) is 0 Å². The smallest absolute Gasteiger partial charge is 0.308 e. The largest absolute Gasteiger partial charge is 0.493 e. The number of carboxylic acids is 1. The van der Waals surface area contributed by atoms with Gasteiger partial charge in [-0.05, 0) is 42.2 Å². The number of unbranched alkanes of at least 4 members (excludes halogenated alkanes) is 1. The minimum absolute atomic E-state index is 0.0568. The number of ether oxygens (including phenoxy) is 1. The van der Waals surface area contributed by atoms with E-state index in [0.29, 0.717) is 32.7 Å². The number of aromatic nitrogens is 2. The van der Waals surface area contributed by atoms with Crippen LogP contribution in [0.3, 0.4) is 0 Å². The number of pyridine rings is 2. The van der Waals surface area contributed by atoms with E-state index >= 15 is 0 Å². The van der Waals surface area contributed by atoms with Gasteiger partial charge in [0, 0.05) is 56.3 Å². The minimum Gasteiger partial charge on any atom is -0.493 e. The quantitative estimate of drug-likeness (QED) is 0.363. The summed E-state index contributed by atoms with van der Waals surface area (Å²) >= 11 is 0. The van der Waals surface area contributed by atoms with Crippen molar-refractivity contribution < 1.29 is 24.0 Å². The lowest BCUT2D eigenvalue weighted by atomic mass is 9.83. The molecule has 0 saturated carbocycles. The number of likely N-dealkylation sites (tertiary alicyclic amines) is 1. The molecule has 1 aromatic carbocycles. The molecular formula is C32H39N4O5+. The monoisotopic (exact) mass is 559 g/mol. The highest BCUT2D eigenvalue weighted by atomic mass is 16.5. The molecule has 1 saturated heterocycles. The first-order chi connectivity index (χ1) is 19.9. The van der Waals surface area contributed by atoms with Crippen molar-refractivity contribution in [1.29, 1.82) is 0 Å². The van der Waals surface area contributed by atoms with Crippen molar-refractivity contribution in [3.63, 3.8) is 0 Å². The second-order valence-electron chi connectivity index (χ2n) is 11.1. The molecule has 1 fully saturated rings. The Balaban J connectivity index is 1.46. The van der Waals surface area contributed by atoms with E-state index in [1.165, 1.54) is 6.07 Å². The summed E-state index contributed by atoms with van der Waals surface area (Å²) in [6.45, 7) is 4.24. The summed E-state index contributed by atoms with van der Waals surface area (Å²) in [4.78, 5) is 43.1. The average Bonchev–Trinajstić information content (AvgIpc) is 3.57. The summed E-state index contributed by atoms with van der Waals surface area (Å²) in [5.41, 5.74) is 2.75. The summed E-state index contributed by atoms with van der Waals surface area (Å²) in [5, 5.41) is 10.5. The van der Waals surface area contributed by atoms with Gasteiger partial charge in [0.15, 0.2) is 12.4 Å². The van der Waals surface area contributed by atoms with Crippen LogP contribution in [0.25, 0.3) is 0 Å². The van der Waals surface area contributed by atoms with Crippen LogP contribution in [0.2, 0.25) is 0 Å². The van der Waals surface area contributed by atoms with Crippen LogP contribution in [-0.4, -0.2) is 58.7 Å². The average molecular weight is 560 g/mol. The van der Waals surface area contributed by atoms with Crippen molar-refractivity contribution in [2.45, 2.75) is 51.1 Å². The van der Waals surface area contributed by atoms with Crippen LogP contribution in [0.4, 0.5) is 5.69 Å². The Morgan fingerprint density at radius 1 is 1.17 bits per heavy atom. The Hall–Kier alpha value is -3.98. The van der Waals surface area contributed by atoms with Crippen LogP contribution in [0.1, 0.15) is 43.2 Å². The molecule has 1 amide bonds. The predicted octanol–water partition coefficient (Wildman–Crippen LogP) is 3.00. The molecule has 0 aliphatic carbocycles. The summed E-state index contributed by atoms with van der Waals surface area (Å²) in [6, 6.07) is 14.4. The molecule has 2 aliphatic heterocycles. The maximum atomic E-state index is 13.9. The molecule has 1 N–H and O–H groups in total. The van der Waals surface area contributed by atoms with Gasteiger partial charge >= 0.3 is 5.97 Å². The van der Waals surface area contributed by atoms with Gasteiger partial charge in [-0.25, -0.2) is 4.57 Å². The number of carboxylic acid groups (broad SMARTS) is 1. The maximum absolute atomic E-state index is 13.9. The van der Waals surface area contributed by atoms with Gasteiger partial charge in [-0.1, -0.05) is 31.5 Å². The molecule has 3 aromatic rings. The van der Waals surface area contributed by atoms with E-state index in [2.05, 4.69) is 13.0 Å². The van der Waals surface area contributed by atoms with E-state index in [1.807, 2.05) is 58.1 Å². The Bertz CT molecular complexity index is 1450. The van der Waals surface area contributed by atoms with Gasteiger partial charge in [0.1, 0.15) is 18.5 Å². The van der Waals surface area contributed by atoms with Gasteiger partial charge in [-0.15, -0.1) is 0 Å². The lowest BCUT2D eigenvalue weighted by molar-refractivity contribution is -0.670. The van der Waals surface area contributed by atoms with E-state index in [9.17, 15) is 19.5 Å². The maximum Gasteiger partial charge on any atom is 0.308 e. The van der Waals surface area contributed by atoms with E-state index < -0.39 is 17.9 Å². The fourth-order valence-corrected chi connectivity index (χ4v) is 6.25. The third-order valence-electron chi connectivity index (χ3n) is 8.35. The van der Waals surface area contributed by atoms with Crippen molar-refractivity contribution in [2.24, 2.45) is 13.0 Å². The number of carbonyl (C=O) groups is 2. The lowest BCUT2D eigenvalue weighted by Gasteiger charge is -2.29. The van der Waals surface area contributed by atoms with Crippen LogP contribution < -0.4 is 19.8 Å². The van der Waals surface area contributed by atoms with Gasteiger partial charge in [-0.3, -0.25) is 19.3 Å². The van der Waals surface area contributed by atoms with Crippen molar-refractivity contribution in [3.8, 4) is 5.75 Å². The van der Waals surface area contributed by atoms with Crippen LogP contribution in [-0.2, 0) is 29.6 Å². The summed E-state index contributed by atoms with van der Waals surface area (Å²) in [7, 11) is 1.93. The van der Waals surface area contributed by atoms with E-state index in [1.54, 1.807) is 22.9 Å². The lowest BCUT2D eigenvalue weighted by Crippen LogP contribution is -2.45. The number of hydrogen-bond donors (Lipinski definition) is 1. The molecule has 0 unspecified atom stereocenters. The molecule has 41 heavy (non-hydrogen) atoms. The Labute approximate surface area is 240 Å². The van der Waals surface area contributed by atoms with E-state index in [4.69, 9.17) is 4.74 Å². The zero-order valence-electron chi connectivity index (χ0n) is 23.8. The minimum atomic E-state index is -0.884. The molecule has 216 valence electrons. The second kappa shape index (κ2) is 12.7. The van der Waals surface area contributed by atoms with E-state index in [-0.39, 0.29) is 23.9 Å². The Kier molecular flexibility index (Phi) is 8.83. The highest BCUT2D eigenvalue weighted by Gasteiger charge is 2.47. The molecule has 2 aliphatic rings. The van der Waals surface area contributed by atoms with Crippen LogP contribution >= 0.6 is 0 Å². The Morgan fingerprint density at radius 2 is 2.02 bits per heavy atom. The zero-order chi connectivity index (χ0) is 28.9.